The second-order valence-corrected chi connectivity index (χ2v) is 4.96. The minimum Gasteiger partial charge on any atom is -0.466 e. The highest BCUT2D eigenvalue weighted by molar-refractivity contribution is 5.72. The lowest BCUT2D eigenvalue weighted by molar-refractivity contribution is -0.142. The van der Waals surface area contributed by atoms with E-state index >= 15 is 0 Å². The van der Waals surface area contributed by atoms with Crippen LogP contribution in [0.15, 0.2) is 36.4 Å². The number of esters is 1. The van der Waals surface area contributed by atoms with E-state index in [0.717, 1.165) is 17.8 Å². The molecule has 1 aromatic heterocycles. The number of hydrogen-bond acceptors (Lipinski definition) is 2. The molecule has 0 aliphatic rings. The van der Waals surface area contributed by atoms with Crippen molar-refractivity contribution < 1.29 is 9.53 Å². The average molecular weight is 271 g/mol. The molecule has 0 unspecified atom stereocenters. The standard InChI is InChI=1S/C17H21NO2/c1-4-20-17(19)12-16-15(10-13(2)18(16)3)11-14-8-6-5-7-9-14/h5-10H,4,11-12H2,1-3H3. The van der Waals surface area contributed by atoms with Gasteiger partial charge in [-0.15, -0.1) is 0 Å². The highest BCUT2D eigenvalue weighted by Crippen LogP contribution is 2.19. The summed E-state index contributed by atoms with van der Waals surface area (Å²) in [5, 5.41) is 0. The molecule has 3 heteroatoms. The van der Waals surface area contributed by atoms with Gasteiger partial charge < -0.3 is 9.30 Å². The van der Waals surface area contributed by atoms with Crippen molar-refractivity contribution in [1.29, 1.82) is 0 Å². The van der Waals surface area contributed by atoms with Crippen LogP contribution in [0.5, 0.6) is 0 Å². The first-order chi connectivity index (χ1) is 9.61. The van der Waals surface area contributed by atoms with E-state index < -0.39 is 0 Å². The van der Waals surface area contributed by atoms with Gasteiger partial charge in [-0.25, -0.2) is 0 Å². The number of carbonyl (C=O) groups is 1. The van der Waals surface area contributed by atoms with E-state index in [1.165, 1.54) is 11.1 Å². The van der Waals surface area contributed by atoms with Gasteiger partial charge >= 0.3 is 5.97 Å². The lowest BCUT2D eigenvalue weighted by atomic mass is 10.0. The average Bonchev–Trinajstić information content (AvgIpc) is 2.68. The van der Waals surface area contributed by atoms with Gasteiger partial charge in [-0.1, -0.05) is 30.3 Å². The third-order valence-corrected chi connectivity index (χ3v) is 3.54. The summed E-state index contributed by atoms with van der Waals surface area (Å²) in [4.78, 5) is 11.7. The maximum atomic E-state index is 11.7. The predicted molar refractivity (Wildman–Crippen MR) is 79.7 cm³/mol. The number of hydrogen-bond donors (Lipinski definition) is 0. The molecule has 0 radical (unpaired) electrons. The molecule has 2 aromatic rings. The molecular formula is C17H21NO2. The molecule has 2 rings (SSSR count). The van der Waals surface area contributed by atoms with Crippen LogP contribution >= 0.6 is 0 Å². The Hall–Kier alpha value is -2.03. The van der Waals surface area contributed by atoms with E-state index in [2.05, 4.69) is 29.7 Å². The molecule has 0 N–H and O–H groups in total. The lowest BCUT2D eigenvalue weighted by Crippen LogP contribution is -2.12. The van der Waals surface area contributed by atoms with Crippen LogP contribution in [0.4, 0.5) is 0 Å². The second kappa shape index (κ2) is 6.42. The van der Waals surface area contributed by atoms with Gasteiger partial charge in [0.05, 0.1) is 13.0 Å². The monoisotopic (exact) mass is 271 g/mol. The van der Waals surface area contributed by atoms with Gasteiger partial charge in [-0.3, -0.25) is 4.79 Å². The molecule has 0 fully saturated rings. The molecule has 0 aliphatic heterocycles. The minimum absolute atomic E-state index is 0.164. The smallest absolute Gasteiger partial charge is 0.311 e. The SMILES string of the molecule is CCOC(=O)Cc1c(Cc2ccccc2)cc(C)n1C. The molecule has 3 nitrogen and oxygen atoms in total. The highest BCUT2D eigenvalue weighted by Gasteiger charge is 2.15. The van der Waals surface area contributed by atoms with Crippen LogP contribution in [0.1, 0.15) is 29.4 Å². The third-order valence-electron chi connectivity index (χ3n) is 3.54. The zero-order chi connectivity index (χ0) is 14.5. The number of ether oxygens (including phenoxy) is 1. The quantitative estimate of drug-likeness (QED) is 0.783. The van der Waals surface area contributed by atoms with E-state index in [1.54, 1.807) is 0 Å². The van der Waals surface area contributed by atoms with Crippen LogP contribution in [0.2, 0.25) is 0 Å². The Kier molecular flexibility index (Phi) is 4.61. The fourth-order valence-electron chi connectivity index (χ4n) is 2.41. The highest BCUT2D eigenvalue weighted by atomic mass is 16.5. The molecule has 0 saturated heterocycles. The largest absolute Gasteiger partial charge is 0.466 e. The molecule has 1 aromatic carbocycles. The summed E-state index contributed by atoms with van der Waals surface area (Å²) in [6.45, 7) is 4.32. The molecule has 0 saturated carbocycles. The van der Waals surface area contributed by atoms with Crippen LogP contribution in [-0.4, -0.2) is 17.1 Å². The van der Waals surface area contributed by atoms with Gasteiger partial charge in [0.2, 0.25) is 0 Å². The Morgan fingerprint density at radius 1 is 1.25 bits per heavy atom. The molecule has 0 aliphatic carbocycles. The number of aromatic nitrogens is 1. The van der Waals surface area contributed by atoms with Gasteiger partial charge in [-0.2, -0.15) is 0 Å². The van der Waals surface area contributed by atoms with Crippen molar-refractivity contribution >= 4 is 5.97 Å². The molecule has 1 heterocycles. The van der Waals surface area contributed by atoms with Crippen molar-refractivity contribution in [3.05, 3.63) is 58.9 Å². The first-order valence-electron chi connectivity index (χ1n) is 6.95. The Labute approximate surface area is 120 Å². The molecular weight excluding hydrogens is 250 g/mol. The number of nitrogens with zero attached hydrogens (tertiary/aromatic N) is 1. The number of rotatable bonds is 5. The molecule has 0 amide bonds. The van der Waals surface area contributed by atoms with Crippen LogP contribution in [0.3, 0.4) is 0 Å². The summed E-state index contributed by atoms with van der Waals surface area (Å²) in [6, 6.07) is 12.5. The molecule has 0 spiro atoms. The molecule has 20 heavy (non-hydrogen) atoms. The first-order valence-corrected chi connectivity index (χ1v) is 6.95. The number of aryl methyl sites for hydroxylation is 1. The first kappa shape index (κ1) is 14.4. The van der Waals surface area contributed by atoms with Gasteiger partial charge in [0.1, 0.15) is 0 Å². The van der Waals surface area contributed by atoms with E-state index in [9.17, 15) is 4.79 Å². The summed E-state index contributed by atoms with van der Waals surface area (Å²) in [5.74, 6) is -0.164. The fourth-order valence-corrected chi connectivity index (χ4v) is 2.41. The van der Waals surface area contributed by atoms with E-state index in [0.29, 0.717) is 13.0 Å². The van der Waals surface area contributed by atoms with E-state index in [4.69, 9.17) is 4.74 Å². The van der Waals surface area contributed by atoms with Crippen LogP contribution in [0.25, 0.3) is 0 Å². The van der Waals surface area contributed by atoms with Gasteiger partial charge in [0.25, 0.3) is 0 Å². The van der Waals surface area contributed by atoms with Crippen molar-refractivity contribution in [3.8, 4) is 0 Å². The van der Waals surface area contributed by atoms with Crippen molar-refractivity contribution in [2.45, 2.75) is 26.7 Å². The van der Waals surface area contributed by atoms with E-state index in [-0.39, 0.29) is 5.97 Å². The Morgan fingerprint density at radius 3 is 2.60 bits per heavy atom. The van der Waals surface area contributed by atoms with Crippen molar-refractivity contribution in [3.63, 3.8) is 0 Å². The topological polar surface area (TPSA) is 31.2 Å². The summed E-state index contributed by atoms with van der Waals surface area (Å²) >= 11 is 0. The van der Waals surface area contributed by atoms with Crippen LogP contribution in [-0.2, 0) is 29.4 Å². The zero-order valence-corrected chi connectivity index (χ0v) is 12.3. The third kappa shape index (κ3) is 3.29. The zero-order valence-electron chi connectivity index (χ0n) is 12.3. The Morgan fingerprint density at radius 2 is 1.95 bits per heavy atom. The predicted octanol–water partition coefficient (Wildman–Crippen LogP) is 3.03. The normalized spacial score (nSPS) is 10.6. The summed E-state index contributed by atoms with van der Waals surface area (Å²) in [7, 11) is 2.00. The van der Waals surface area contributed by atoms with Gasteiger partial charge in [0, 0.05) is 18.4 Å². The maximum absolute atomic E-state index is 11.7. The van der Waals surface area contributed by atoms with Gasteiger partial charge in [0.15, 0.2) is 0 Å². The van der Waals surface area contributed by atoms with Crippen LogP contribution < -0.4 is 0 Å². The number of benzene rings is 1. The summed E-state index contributed by atoms with van der Waals surface area (Å²) in [6.07, 6.45) is 1.18. The van der Waals surface area contributed by atoms with E-state index in [1.807, 2.05) is 32.2 Å². The molecule has 0 bridgehead atoms. The molecule has 0 atom stereocenters. The number of carbonyl (C=O) groups excluding carboxylic acids is 1. The summed E-state index contributed by atoms with van der Waals surface area (Å²) < 4.78 is 7.14. The van der Waals surface area contributed by atoms with Crippen molar-refractivity contribution in [1.82, 2.24) is 4.57 Å². The summed E-state index contributed by atoms with van der Waals surface area (Å²) in [5.41, 5.74) is 4.66. The Bertz CT molecular complexity index is 585. The van der Waals surface area contributed by atoms with Crippen LogP contribution in [0, 0.1) is 6.92 Å². The van der Waals surface area contributed by atoms with Crippen molar-refractivity contribution in [2.75, 3.05) is 6.61 Å². The van der Waals surface area contributed by atoms with Crippen molar-refractivity contribution in [2.24, 2.45) is 7.05 Å². The molecule has 106 valence electrons. The second-order valence-electron chi connectivity index (χ2n) is 4.96. The fraction of sp³-hybridized carbons (Fsp3) is 0.353. The Balaban J connectivity index is 2.24. The van der Waals surface area contributed by atoms with Gasteiger partial charge in [-0.05, 0) is 37.5 Å². The minimum atomic E-state index is -0.164. The maximum Gasteiger partial charge on any atom is 0.311 e. The lowest BCUT2D eigenvalue weighted by Gasteiger charge is -2.08.